The Balaban J connectivity index is 4.10. The van der Waals surface area contributed by atoms with Crippen molar-refractivity contribution in [1.82, 2.24) is 10.2 Å². The highest BCUT2D eigenvalue weighted by atomic mass is 16.2. The third-order valence-electron chi connectivity index (χ3n) is 1.74. The van der Waals surface area contributed by atoms with Gasteiger partial charge in [-0.05, 0) is 5.92 Å². The molecule has 82 valence electrons. The third kappa shape index (κ3) is 5.40. The van der Waals surface area contributed by atoms with Crippen LogP contribution in [0.1, 0.15) is 20.3 Å². The minimum Gasteiger partial charge on any atom is -0.388 e. The molecule has 0 aromatic heterocycles. The van der Waals surface area contributed by atoms with Gasteiger partial charge in [0.05, 0.1) is 5.84 Å². The van der Waals surface area contributed by atoms with Crippen molar-refractivity contribution < 1.29 is 4.79 Å². The van der Waals surface area contributed by atoms with Crippen LogP contribution in [-0.2, 0) is 0 Å². The molecule has 0 aliphatic carbocycles. The van der Waals surface area contributed by atoms with Gasteiger partial charge in [0.15, 0.2) is 0 Å². The van der Waals surface area contributed by atoms with Crippen molar-refractivity contribution in [2.45, 2.75) is 20.3 Å². The lowest BCUT2D eigenvalue weighted by atomic mass is 10.2. The van der Waals surface area contributed by atoms with Crippen LogP contribution < -0.4 is 11.1 Å². The molecule has 0 aromatic rings. The number of nitrogens with two attached hydrogens (primary N) is 1. The van der Waals surface area contributed by atoms with Gasteiger partial charge in [0.1, 0.15) is 0 Å². The number of carbonyl (C=O) groups excluding carboxylic acids is 1. The Morgan fingerprint density at radius 2 is 2.14 bits per heavy atom. The second-order valence-corrected chi connectivity index (χ2v) is 3.67. The Hall–Kier alpha value is -1.26. The highest BCUT2D eigenvalue weighted by Crippen LogP contribution is 2.00. The average molecular weight is 200 g/mol. The molecular formula is C9H20N4O. The van der Waals surface area contributed by atoms with Gasteiger partial charge in [-0.1, -0.05) is 13.8 Å². The number of nitrogens with zero attached hydrogens (tertiary/aromatic N) is 1. The first-order valence-electron chi connectivity index (χ1n) is 4.77. The van der Waals surface area contributed by atoms with Gasteiger partial charge in [0, 0.05) is 26.6 Å². The number of rotatable bonds is 5. The van der Waals surface area contributed by atoms with Gasteiger partial charge < -0.3 is 16.0 Å². The van der Waals surface area contributed by atoms with Crippen LogP contribution in [0.5, 0.6) is 0 Å². The van der Waals surface area contributed by atoms with Crippen LogP contribution in [0, 0.1) is 11.3 Å². The fourth-order valence-corrected chi connectivity index (χ4v) is 1.13. The largest absolute Gasteiger partial charge is 0.388 e. The van der Waals surface area contributed by atoms with Crippen LogP contribution in [0.2, 0.25) is 0 Å². The van der Waals surface area contributed by atoms with Crippen LogP contribution in [0.3, 0.4) is 0 Å². The Morgan fingerprint density at radius 1 is 1.57 bits per heavy atom. The van der Waals surface area contributed by atoms with E-state index >= 15 is 0 Å². The SMILES string of the molecule is CNC(=O)N(CCC(=N)N)CC(C)C. The van der Waals surface area contributed by atoms with E-state index in [9.17, 15) is 4.79 Å². The van der Waals surface area contributed by atoms with Crippen molar-refractivity contribution in [3.63, 3.8) is 0 Å². The summed E-state index contributed by atoms with van der Waals surface area (Å²) in [7, 11) is 1.60. The quantitative estimate of drug-likeness (QED) is 0.449. The molecule has 0 fully saturated rings. The predicted octanol–water partition coefficient (Wildman–Crippen LogP) is 0.610. The monoisotopic (exact) mass is 200 g/mol. The van der Waals surface area contributed by atoms with Gasteiger partial charge in [-0.15, -0.1) is 0 Å². The summed E-state index contributed by atoms with van der Waals surface area (Å²) in [5.41, 5.74) is 5.24. The third-order valence-corrected chi connectivity index (χ3v) is 1.74. The summed E-state index contributed by atoms with van der Waals surface area (Å²) in [6.45, 7) is 5.29. The maximum absolute atomic E-state index is 11.4. The topological polar surface area (TPSA) is 82.2 Å². The van der Waals surface area contributed by atoms with Gasteiger partial charge in [-0.3, -0.25) is 5.41 Å². The van der Waals surface area contributed by atoms with Crippen molar-refractivity contribution in [1.29, 1.82) is 5.41 Å². The second-order valence-electron chi connectivity index (χ2n) is 3.67. The molecule has 0 unspecified atom stereocenters. The molecule has 0 saturated heterocycles. The van der Waals surface area contributed by atoms with E-state index in [-0.39, 0.29) is 11.9 Å². The first-order valence-corrected chi connectivity index (χ1v) is 4.77. The van der Waals surface area contributed by atoms with E-state index in [1.54, 1.807) is 11.9 Å². The molecule has 0 bridgehead atoms. The molecule has 4 N–H and O–H groups in total. The summed E-state index contributed by atoms with van der Waals surface area (Å²) >= 11 is 0. The Bertz CT molecular complexity index is 203. The second kappa shape index (κ2) is 6.23. The molecule has 0 radical (unpaired) electrons. The molecule has 2 amide bonds. The Kier molecular flexibility index (Phi) is 5.67. The molecule has 0 saturated carbocycles. The molecule has 0 aromatic carbocycles. The van der Waals surface area contributed by atoms with E-state index in [0.717, 1.165) is 0 Å². The maximum Gasteiger partial charge on any atom is 0.317 e. The number of nitrogens with one attached hydrogen (secondary N) is 2. The predicted molar refractivity (Wildman–Crippen MR) is 57.4 cm³/mol. The normalized spacial score (nSPS) is 10.0. The molecule has 5 heteroatoms. The molecule has 0 rings (SSSR count). The summed E-state index contributed by atoms with van der Waals surface area (Å²) in [5.74, 6) is 0.530. The number of amides is 2. The van der Waals surface area contributed by atoms with Gasteiger partial charge in [-0.2, -0.15) is 0 Å². The smallest absolute Gasteiger partial charge is 0.317 e. The number of urea groups is 1. The van der Waals surface area contributed by atoms with Crippen LogP contribution in [0.4, 0.5) is 4.79 Å². The summed E-state index contributed by atoms with van der Waals surface area (Å²) in [6, 6.07) is -0.111. The molecule has 0 aliphatic heterocycles. The molecule has 0 spiro atoms. The molecule has 5 nitrogen and oxygen atoms in total. The van der Waals surface area contributed by atoms with Crippen molar-refractivity contribution in [3.05, 3.63) is 0 Å². The highest BCUT2D eigenvalue weighted by molar-refractivity contribution is 5.78. The lowest BCUT2D eigenvalue weighted by Gasteiger charge is -2.23. The molecular weight excluding hydrogens is 180 g/mol. The zero-order valence-electron chi connectivity index (χ0n) is 9.13. The highest BCUT2D eigenvalue weighted by Gasteiger charge is 2.12. The molecule has 0 heterocycles. The lowest BCUT2D eigenvalue weighted by molar-refractivity contribution is 0.194. The van der Waals surface area contributed by atoms with E-state index in [1.165, 1.54) is 0 Å². The molecule has 0 aliphatic rings. The van der Waals surface area contributed by atoms with Crippen LogP contribution in [-0.4, -0.2) is 36.9 Å². The first-order chi connectivity index (χ1) is 6.47. The van der Waals surface area contributed by atoms with Crippen molar-refractivity contribution in [3.8, 4) is 0 Å². The minimum absolute atomic E-state index is 0.111. The number of hydrogen-bond acceptors (Lipinski definition) is 2. The van der Waals surface area contributed by atoms with E-state index in [2.05, 4.69) is 5.32 Å². The Labute approximate surface area is 85.2 Å². The number of carbonyl (C=O) groups is 1. The van der Waals surface area contributed by atoms with E-state index in [1.807, 2.05) is 13.8 Å². The van der Waals surface area contributed by atoms with Gasteiger partial charge in [0.25, 0.3) is 0 Å². The van der Waals surface area contributed by atoms with Crippen LogP contribution >= 0.6 is 0 Å². The number of amidine groups is 1. The fourth-order valence-electron chi connectivity index (χ4n) is 1.13. The average Bonchev–Trinajstić information content (AvgIpc) is 2.10. The van der Waals surface area contributed by atoms with E-state index < -0.39 is 0 Å². The fraction of sp³-hybridized carbons (Fsp3) is 0.778. The van der Waals surface area contributed by atoms with Crippen molar-refractivity contribution >= 4 is 11.9 Å². The molecule has 0 atom stereocenters. The molecule has 14 heavy (non-hydrogen) atoms. The summed E-state index contributed by atoms with van der Waals surface area (Å²) in [4.78, 5) is 13.0. The van der Waals surface area contributed by atoms with Crippen molar-refractivity contribution in [2.75, 3.05) is 20.1 Å². The zero-order chi connectivity index (χ0) is 11.1. The standard InChI is InChI=1S/C9H20N4O/c1-7(2)6-13(9(14)12-3)5-4-8(10)11/h7H,4-6H2,1-3H3,(H3,10,11)(H,12,14). The first kappa shape index (κ1) is 12.7. The van der Waals surface area contributed by atoms with E-state index in [0.29, 0.717) is 25.4 Å². The minimum atomic E-state index is -0.111. The summed E-state index contributed by atoms with van der Waals surface area (Å²) in [6.07, 6.45) is 0.431. The van der Waals surface area contributed by atoms with Crippen LogP contribution in [0.15, 0.2) is 0 Å². The zero-order valence-corrected chi connectivity index (χ0v) is 9.13. The van der Waals surface area contributed by atoms with E-state index in [4.69, 9.17) is 11.1 Å². The van der Waals surface area contributed by atoms with Crippen LogP contribution in [0.25, 0.3) is 0 Å². The maximum atomic E-state index is 11.4. The summed E-state index contributed by atoms with van der Waals surface area (Å²) in [5, 5.41) is 9.66. The Morgan fingerprint density at radius 3 is 2.50 bits per heavy atom. The van der Waals surface area contributed by atoms with Crippen molar-refractivity contribution in [2.24, 2.45) is 11.7 Å². The van der Waals surface area contributed by atoms with Gasteiger partial charge >= 0.3 is 6.03 Å². The van der Waals surface area contributed by atoms with Gasteiger partial charge in [-0.25, -0.2) is 4.79 Å². The van der Waals surface area contributed by atoms with Gasteiger partial charge in [0.2, 0.25) is 0 Å². The summed E-state index contributed by atoms with van der Waals surface area (Å²) < 4.78 is 0. The number of hydrogen-bond donors (Lipinski definition) is 3. The lowest BCUT2D eigenvalue weighted by Crippen LogP contribution is -2.41.